The number of amides is 1. The minimum Gasteiger partial charge on any atom is -0.341 e. The lowest BCUT2D eigenvalue weighted by Gasteiger charge is -2.23. The number of nitrogens with zero attached hydrogens (tertiary/aromatic N) is 3. The van der Waals surface area contributed by atoms with Crippen LogP contribution in [0.15, 0.2) is 24.5 Å². The molecule has 2 heterocycles. The van der Waals surface area contributed by atoms with Gasteiger partial charge in [0.15, 0.2) is 0 Å². The Morgan fingerprint density at radius 1 is 1.59 bits per heavy atom. The molecular formula is C17H27N3OS. The quantitative estimate of drug-likeness (QED) is 0.773. The Balaban J connectivity index is 1.79. The van der Waals surface area contributed by atoms with Crippen LogP contribution in [-0.2, 0) is 11.3 Å². The minimum absolute atomic E-state index is 0.131. The molecule has 2 atom stereocenters. The van der Waals surface area contributed by atoms with Gasteiger partial charge in [-0.1, -0.05) is 13.0 Å². The minimum atomic E-state index is 0.131. The fraction of sp³-hybridized carbons (Fsp3) is 0.647. The lowest BCUT2D eigenvalue weighted by molar-refractivity contribution is -0.129. The molecular weight excluding hydrogens is 294 g/mol. The molecule has 1 aromatic heterocycles. The molecule has 1 fully saturated rings. The van der Waals surface area contributed by atoms with E-state index in [4.69, 9.17) is 0 Å². The predicted molar refractivity (Wildman–Crippen MR) is 92.9 cm³/mol. The highest BCUT2D eigenvalue weighted by atomic mass is 32.2. The second-order valence-electron chi connectivity index (χ2n) is 6.13. The van der Waals surface area contributed by atoms with Crippen molar-refractivity contribution in [2.45, 2.75) is 31.6 Å². The number of aromatic nitrogens is 1. The molecule has 2 rings (SSSR count). The molecule has 0 aliphatic carbocycles. The van der Waals surface area contributed by atoms with Gasteiger partial charge in [-0.2, -0.15) is 11.8 Å². The normalized spacial score (nSPS) is 19.6. The zero-order valence-electron chi connectivity index (χ0n) is 13.9. The van der Waals surface area contributed by atoms with E-state index in [1.54, 1.807) is 18.0 Å². The molecule has 0 N–H and O–H groups in total. The van der Waals surface area contributed by atoms with E-state index in [0.717, 1.165) is 39.0 Å². The topological polar surface area (TPSA) is 36.4 Å². The standard InChI is InChI=1S/C17H27N3OS/c1-4-16(22-3)17(21)20-9-7-15(13-20)12-19(2)11-14-6-5-8-18-10-14/h5-6,8,10,15-16H,4,7,9,11-13H2,1-3H3/t15-,16-/m1/s1. The molecule has 122 valence electrons. The number of carbonyl (C=O) groups is 1. The Labute approximate surface area is 138 Å². The van der Waals surface area contributed by atoms with Gasteiger partial charge < -0.3 is 9.80 Å². The number of carbonyl (C=O) groups excluding carboxylic acids is 1. The molecule has 1 saturated heterocycles. The van der Waals surface area contributed by atoms with E-state index in [1.807, 2.05) is 18.5 Å². The second-order valence-corrected chi connectivity index (χ2v) is 7.17. The van der Waals surface area contributed by atoms with Crippen LogP contribution in [0.5, 0.6) is 0 Å². The maximum atomic E-state index is 12.4. The SMILES string of the molecule is CC[C@@H](SC)C(=O)N1CC[C@H](CN(C)Cc2cccnc2)C1. The first-order valence-electron chi connectivity index (χ1n) is 8.03. The van der Waals surface area contributed by atoms with Gasteiger partial charge in [0.05, 0.1) is 5.25 Å². The third-order valence-electron chi connectivity index (χ3n) is 4.27. The molecule has 0 bridgehead atoms. The fourth-order valence-corrected chi connectivity index (χ4v) is 3.82. The molecule has 0 spiro atoms. The van der Waals surface area contributed by atoms with Crippen molar-refractivity contribution in [3.8, 4) is 0 Å². The van der Waals surface area contributed by atoms with Crippen LogP contribution in [0.2, 0.25) is 0 Å². The third kappa shape index (κ3) is 4.71. The van der Waals surface area contributed by atoms with Crippen LogP contribution >= 0.6 is 11.8 Å². The number of hydrogen-bond donors (Lipinski definition) is 0. The summed E-state index contributed by atoms with van der Waals surface area (Å²) in [6.45, 7) is 5.87. The van der Waals surface area contributed by atoms with E-state index >= 15 is 0 Å². The number of thioether (sulfide) groups is 1. The van der Waals surface area contributed by atoms with Crippen LogP contribution in [0, 0.1) is 5.92 Å². The molecule has 0 aromatic carbocycles. The first-order valence-corrected chi connectivity index (χ1v) is 9.31. The van der Waals surface area contributed by atoms with E-state index in [2.05, 4.69) is 34.8 Å². The van der Waals surface area contributed by atoms with E-state index in [9.17, 15) is 4.79 Å². The van der Waals surface area contributed by atoms with Crippen molar-refractivity contribution in [3.63, 3.8) is 0 Å². The number of pyridine rings is 1. The van der Waals surface area contributed by atoms with Crippen LogP contribution in [0.1, 0.15) is 25.3 Å². The highest BCUT2D eigenvalue weighted by Crippen LogP contribution is 2.22. The molecule has 1 aromatic rings. The van der Waals surface area contributed by atoms with Crippen LogP contribution in [-0.4, -0.2) is 58.9 Å². The maximum absolute atomic E-state index is 12.4. The summed E-state index contributed by atoms with van der Waals surface area (Å²) >= 11 is 1.67. The summed E-state index contributed by atoms with van der Waals surface area (Å²) in [4.78, 5) is 21.0. The Bertz CT molecular complexity index is 464. The van der Waals surface area contributed by atoms with E-state index in [0.29, 0.717) is 11.8 Å². The number of likely N-dealkylation sites (tertiary alicyclic amines) is 1. The lowest BCUT2D eigenvalue weighted by atomic mass is 10.1. The molecule has 22 heavy (non-hydrogen) atoms. The van der Waals surface area contributed by atoms with E-state index in [-0.39, 0.29) is 5.25 Å². The first-order chi connectivity index (χ1) is 10.6. The molecule has 0 saturated carbocycles. The van der Waals surface area contributed by atoms with E-state index < -0.39 is 0 Å². The fourth-order valence-electron chi connectivity index (χ4n) is 3.14. The summed E-state index contributed by atoms with van der Waals surface area (Å²) in [5.41, 5.74) is 1.24. The number of rotatable bonds is 7. The van der Waals surface area contributed by atoms with Crippen molar-refractivity contribution >= 4 is 17.7 Å². The van der Waals surface area contributed by atoms with Gasteiger partial charge in [-0.25, -0.2) is 0 Å². The van der Waals surface area contributed by atoms with Crippen LogP contribution < -0.4 is 0 Å². The van der Waals surface area contributed by atoms with Crippen molar-refractivity contribution in [1.82, 2.24) is 14.8 Å². The molecule has 5 heteroatoms. The second kappa shape index (κ2) is 8.53. The van der Waals surface area contributed by atoms with Gasteiger partial charge in [0.2, 0.25) is 5.91 Å². The Hall–Kier alpha value is -1.07. The Kier molecular flexibility index (Phi) is 6.70. The van der Waals surface area contributed by atoms with Crippen molar-refractivity contribution < 1.29 is 4.79 Å². The van der Waals surface area contributed by atoms with Gasteiger partial charge in [0, 0.05) is 38.6 Å². The number of hydrogen-bond acceptors (Lipinski definition) is 4. The maximum Gasteiger partial charge on any atom is 0.235 e. The summed E-state index contributed by atoms with van der Waals surface area (Å²) in [7, 11) is 2.15. The first kappa shape index (κ1) is 17.3. The largest absolute Gasteiger partial charge is 0.341 e. The third-order valence-corrected chi connectivity index (χ3v) is 5.38. The predicted octanol–water partition coefficient (Wildman–Crippen LogP) is 2.50. The highest BCUT2D eigenvalue weighted by molar-refractivity contribution is 7.99. The highest BCUT2D eigenvalue weighted by Gasteiger charge is 2.30. The summed E-state index contributed by atoms with van der Waals surface area (Å²) in [5, 5.41) is 0.131. The van der Waals surface area contributed by atoms with Crippen molar-refractivity contribution in [2.24, 2.45) is 5.92 Å². The van der Waals surface area contributed by atoms with Gasteiger partial charge in [0.1, 0.15) is 0 Å². The van der Waals surface area contributed by atoms with Crippen LogP contribution in [0.25, 0.3) is 0 Å². The van der Waals surface area contributed by atoms with Crippen molar-refractivity contribution in [3.05, 3.63) is 30.1 Å². The molecule has 0 unspecified atom stereocenters. The van der Waals surface area contributed by atoms with Gasteiger partial charge in [-0.05, 0) is 43.7 Å². The van der Waals surface area contributed by atoms with Gasteiger partial charge in [0.25, 0.3) is 0 Å². The van der Waals surface area contributed by atoms with Gasteiger partial charge >= 0.3 is 0 Å². The zero-order valence-corrected chi connectivity index (χ0v) is 14.7. The molecule has 1 aliphatic heterocycles. The monoisotopic (exact) mass is 321 g/mol. The summed E-state index contributed by atoms with van der Waals surface area (Å²) in [6, 6.07) is 4.09. The molecule has 1 aliphatic rings. The Morgan fingerprint density at radius 3 is 3.05 bits per heavy atom. The summed E-state index contributed by atoms with van der Waals surface area (Å²) < 4.78 is 0. The summed E-state index contributed by atoms with van der Waals surface area (Å²) in [6.07, 6.45) is 7.79. The van der Waals surface area contributed by atoms with Gasteiger partial charge in [-0.3, -0.25) is 9.78 Å². The zero-order chi connectivity index (χ0) is 15.9. The van der Waals surface area contributed by atoms with E-state index in [1.165, 1.54) is 5.56 Å². The average Bonchev–Trinajstić information content (AvgIpc) is 2.97. The van der Waals surface area contributed by atoms with Crippen LogP contribution in [0.3, 0.4) is 0 Å². The average molecular weight is 321 g/mol. The molecule has 1 amide bonds. The summed E-state index contributed by atoms with van der Waals surface area (Å²) in [5.74, 6) is 0.914. The lowest BCUT2D eigenvalue weighted by Crippen LogP contribution is -2.36. The molecule has 0 radical (unpaired) electrons. The molecule has 4 nitrogen and oxygen atoms in total. The van der Waals surface area contributed by atoms with Gasteiger partial charge in [-0.15, -0.1) is 0 Å². The van der Waals surface area contributed by atoms with Crippen molar-refractivity contribution in [2.75, 3.05) is 32.9 Å². The van der Waals surface area contributed by atoms with Crippen molar-refractivity contribution in [1.29, 1.82) is 0 Å². The Morgan fingerprint density at radius 2 is 2.41 bits per heavy atom. The van der Waals surface area contributed by atoms with Crippen LogP contribution in [0.4, 0.5) is 0 Å². The smallest absolute Gasteiger partial charge is 0.235 e.